The number of hydrogen-bond donors (Lipinski definition) is 3. The number of rotatable bonds is 3. The Morgan fingerprint density at radius 2 is 0.818 bits per heavy atom. The normalized spacial score (nSPS) is 11.2. The fourth-order valence-corrected chi connectivity index (χ4v) is 3.70. The summed E-state index contributed by atoms with van der Waals surface area (Å²) in [5, 5.41) is 20.2. The molecule has 0 radical (unpaired) electrons. The van der Waals surface area contributed by atoms with Gasteiger partial charge in [0.1, 0.15) is 30.9 Å². The Morgan fingerprint density at radius 1 is 0.545 bits per heavy atom. The first-order chi connectivity index (χ1) is 10.4. The van der Waals surface area contributed by atoms with Crippen molar-refractivity contribution in [2.24, 2.45) is 0 Å². The second-order valence-electron chi connectivity index (χ2n) is 4.16. The van der Waals surface area contributed by atoms with E-state index in [0.717, 1.165) is 0 Å². The molecule has 3 N–H and O–H groups in total. The fourth-order valence-electron chi connectivity index (χ4n) is 2.10. The topological polar surface area (TPSA) is 86.0 Å². The second kappa shape index (κ2) is 6.15. The Hall–Kier alpha value is -0.565. The molecule has 0 saturated carbocycles. The van der Waals surface area contributed by atoms with Crippen LogP contribution in [-0.4, -0.2) is 37.3 Å². The molecule has 0 aliphatic rings. The van der Waals surface area contributed by atoms with Gasteiger partial charge in [0.25, 0.3) is 6.71 Å². The number of H-pyrrole nitrogens is 3. The molecule has 0 fully saturated rings. The second-order valence-corrected chi connectivity index (χ2v) is 6.37. The van der Waals surface area contributed by atoms with Gasteiger partial charge in [-0.2, -0.15) is 15.3 Å². The Balaban J connectivity index is 2.34. The van der Waals surface area contributed by atoms with E-state index in [1.807, 2.05) is 0 Å². The molecule has 0 unspecified atom stereocenters. The molecule has 0 aliphatic heterocycles. The highest BCUT2D eigenvalue weighted by molar-refractivity contribution is 7.01. The van der Waals surface area contributed by atoms with Gasteiger partial charge in [0.2, 0.25) is 0 Å². The maximum Gasteiger partial charge on any atom is 0.265 e. The number of nitrogens with zero attached hydrogens (tertiary/aromatic N) is 3. The van der Waals surface area contributed by atoms with E-state index in [1.54, 1.807) is 0 Å². The zero-order valence-corrected chi connectivity index (χ0v) is 14.7. The van der Waals surface area contributed by atoms with Crippen LogP contribution in [0, 0.1) is 0 Å². The first kappa shape index (κ1) is 16.3. The van der Waals surface area contributed by atoms with Gasteiger partial charge < -0.3 is 0 Å². The predicted octanol–water partition coefficient (Wildman–Crippen LogP) is 2.29. The lowest BCUT2D eigenvalue weighted by molar-refractivity contribution is 1.09. The molecule has 0 bridgehead atoms. The van der Waals surface area contributed by atoms with Crippen molar-refractivity contribution in [1.82, 2.24) is 30.6 Å². The number of aromatic amines is 3. The average Bonchev–Trinajstić information content (AvgIpc) is 3.08. The lowest BCUT2D eigenvalue weighted by Gasteiger charge is -2.12. The maximum atomic E-state index is 6.15. The van der Waals surface area contributed by atoms with Gasteiger partial charge in [0.15, 0.2) is 0 Å². The zero-order chi connectivity index (χ0) is 16.0. The van der Waals surface area contributed by atoms with Crippen LogP contribution in [0.5, 0.6) is 0 Å². The molecule has 0 saturated heterocycles. The van der Waals surface area contributed by atoms with E-state index in [0.29, 0.717) is 16.4 Å². The van der Waals surface area contributed by atoms with E-state index < -0.39 is 6.71 Å². The first-order valence-corrected chi connectivity index (χ1v) is 7.86. The molecule has 114 valence electrons. The third kappa shape index (κ3) is 2.60. The van der Waals surface area contributed by atoms with Crippen molar-refractivity contribution in [1.29, 1.82) is 0 Å². The predicted molar refractivity (Wildman–Crippen MR) is 90.5 cm³/mol. The molecule has 22 heavy (non-hydrogen) atoms. The van der Waals surface area contributed by atoms with E-state index >= 15 is 0 Å². The molecule has 0 spiro atoms. The van der Waals surface area contributed by atoms with E-state index in [2.05, 4.69) is 30.6 Å². The highest BCUT2D eigenvalue weighted by atomic mass is 35.5. The summed E-state index contributed by atoms with van der Waals surface area (Å²) in [5.41, 5.74) is 1.20. The van der Waals surface area contributed by atoms with Gasteiger partial charge in [-0.15, -0.1) is 0 Å². The number of nitrogens with one attached hydrogen (secondary N) is 3. The van der Waals surface area contributed by atoms with Crippen LogP contribution in [0.3, 0.4) is 0 Å². The monoisotopic (exact) mass is 416 g/mol. The molecule has 3 aromatic rings. The van der Waals surface area contributed by atoms with Crippen LogP contribution in [-0.2, 0) is 0 Å². The summed E-state index contributed by atoms with van der Waals surface area (Å²) in [4.78, 5) is 0. The first-order valence-electron chi connectivity index (χ1n) is 5.59. The molecule has 0 amide bonds. The maximum absolute atomic E-state index is 6.15. The van der Waals surface area contributed by atoms with E-state index in [1.165, 1.54) is 0 Å². The summed E-state index contributed by atoms with van der Waals surface area (Å²) in [6.07, 6.45) is 0. The third-order valence-electron chi connectivity index (χ3n) is 3.00. The highest BCUT2D eigenvalue weighted by Gasteiger charge is 2.37. The Morgan fingerprint density at radius 3 is 1.00 bits per heavy atom. The minimum absolute atomic E-state index is 0.122. The quantitative estimate of drug-likeness (QED) is 0.571. The van der Waals surface area contributed by atoms with Gasteiger partial charge in [0.05, 0.1) is 0 Å². The van der Waals surface area contributed by atoms with Crippen LogP contribution in [0.2, 0.25) is 30.9 Å². The van der Waals surface area contributed by atoms with Gasteiger partial charge in [-0.25, -0.2) is 0 Å². The summed E-state index contributed by atoms with van der Waals surface area (Å²) in [6, 6.07) is 0. The minimum atomic E-state index is -0.712. The molecule has 13 heteroatoms. The van der Waals surface area contributed by atoms with Crippen LogP contribution in [0.25, 0.3) is 0 Å². The number of hydrogen-bond acceptors (Lipinski definition) is 3. The van der Waals surface area contributed by atoms with Crippen molar-refractivity contribution < 1.29 is 0 Å². The lowest BCUT2D eigenvalue weighted by atomic mass is 9.38. The molecule has 3 heterocycles. The lowest BCUT2D eigenvalue weighted by Crippen LogP contribution is -2.53. The van der Waals surface area contributed by atoms with Crippen LogP contribution >= 0.6 is 69.6 Å². The van der Waals surface area contributed by atoms with Crippen LogP contribution < -0.4 is 16.4 Å². The van der Waals surface area contributed by atoms with Crippen LogP contribution in [0.1, 0.15) is 0 Å². The molecule has 0 atom stereocenters. The smallest absolute Gasteiger partial charge is 0.265 e. The minimum Gasteiger partial charge on any atom is -0.266 e. The number of aromatic nitrogens is 6. The van der Waals surface area contributed by atoms with Gasteiger partial charge in [0, 0.05) is 16.4 Å². The number of halogens is 6. The Bertz CT molecular complexity index is 671. The highest BCUT2D eigenvalue weighted by Crippen LogP contribution is 2.19. The van der Waals surface area contributed by atoms with Gasteiger partial charge in [-0.05, 0) is 0 Å². The van der Waals surface area contributed by atoms with Gasteiger partial charge in [-0.1, -0.05) is 69.6 Å². The summed E-state index contributed by atoms with van der Waals surface area (Å²) in [7, 11) is 0. The Kier molecular flexibility index (Phi) is 4.55. The van der Waals surface area contributed by atoms with Crippen molar-refractivity contribution >= 4 is 92.7 Å². The van der Waals surface area contributed by atoms with E-state index in [9.17, 15) is 0 Å². The Labute approximate surface area is 153 Å². The van der Waals surface area contributed by atoms with E-state index in [4.69, 9.17) is 69.6 Å². The van der Waals surface area contributed by atoms with Crippen molar-refractivity contribution in [2.75, 3.05) is 0 Å². The molecular formula is C9H3BCl6N6. The summed E-state index contributed by atoms with van der Waals surface area (Å²) < 4.78 is 0. The zero-order valence-electron chi connectivity index (χ0n) is 10.2. The van der Waals surface area contributed by atoms with Crippen LogP contribution in [0.4, 0.5) is 0 Å². The van der Waals surface area contributed by atoms with Crippen molar-refractivity contribution in [3.63, 3.8) is 0 Å². The molecular weight excluding hydrogens is 416 g/mol. The molecule has 0 aromatic carbocycles. The molecule has 3 rings (SSSR count). The van der Waals surface area contributed by atoms with Crippen molar-refractivity contribution in [3.05, 3.63) is 30.9 Å². The average molecular weight is 419 g/mol. The largest absolute Gasteiger partial charge is 0.266 e. The standard InChI is InChI=1S/C9H3BCl6N6/c11-4-1(5(12)18-17-4)10(2-6(13)19-20-7(2)14)3-8(15)21-22-9(3)16/h(H,17,18)(H,19,20)(H,21,22). The molecule has 0 aliphatic carbocycles. The molecule has 3 aromatic heterocycles. The van der Waals surface area contributed by atoms with Gasteiger partial charge >= 0.3 is 0 Å². The summed E-state index contributed by atoms with van der Waals surface area (Å²) in [5.74, 6) is 0. The summed E-state index contributed by atoms with van der Waals surface area (Å²) >= 11 is 36.8. The third-order valence-corrected chi connectivity index (χ3v) is 4.73. The molecule has 6 nitrogen and oxygen atoms in total. The summed E-state index contributed by atoms with van der Waals surface area (Å²) in [6.45, 7) is -0.712. The van der Waals surface area contributed by atoms with Crippen molar-refractivity contribution in [2.45, 2.75) is 0 Å². The SMILES string of the molecule is Clc1n[nH]c(Cl)c1B(c1c(Cl)n[nH]c1Cl)c1c(Cl)n[nH]c1Cl. The van der Waals surface area contributed by atoms with Gasteiger partial charge in [-0.3, -0.25) is 15.3 Å². The fraction of sp³-hybridized carbons (Fsp3) is 0. The van der Waals surface area contributed by atoms with Crippen LogP contribution in [0.15, 0.2) is 0 Å². The van der Waals surface area contributed by atoms with Crippen molar-refractivity contribution in [3.8, 4) is 0 Å². The van der Waals surface area contributed by atoms with E-state index in [-0.39, 0.29) is 30.9 Å².